The minimum atomic E-state index is -2.05. The lowest BCUT2D eigenvalue weighted by Gasteiger charge is -2.49. The Morgan fingerprint density at radius 2 is 1.86 bits per heavy atom. The highest BCUT2D eigenvalue weighted by Crippen LogP contribution is 2.45. The maximum atomic E-state index is 13.5. The van der Waals surface area contributed by atoms with Gasteiger partial charge in [0.2, 0.25) is 11.6 Å². The Morgan fingerprint density at radius 3 is 2.31 bits per heavy atom. The average molecular weight is 427 g/mol. The highest BCUT2D eigenvalue weighted by atomic mass is 28.4. The van der Waals surface area contributed by atoms with Crippen molar-refractivity contribution in [2.24, 2.45) is 5.41 Å². The van der Waals surface area contributed by atoms with Crippen molar-refractivity contribution in [1.82, 2.24) is 0 Å². The summed E-state index contributed by atoms with van der Waals surface area (Å²) in [6, 6.07) is 0. The van der Waals surface area contributed by atoms with Gasteiger partial charge in [-0.2, -0.15) is 0 Å². The summed E-state index contributed by atoms with van der Waals surface area (Å²) < 4.78 is 23.1. The molecule has 0 saturated carbocycles. The monoisotopic (exact) mass is 426 g/mol. The summed E-state index contributed by atoms with van der Waals surface area (Å²) in [7, 11) is 0.685. The minimum absolute atomic E-state index is 0.0298. The van der Waals surface area contributed by atoms with Gasteiger partial charge in [-0.3, -0.25) is 4.79 Å². The van der Waals surface area contributed by atoms with E-state index >= 15 is 0 Å². The molecule has 2 atom stereocenters. The summed E-state index contributed by atoms with van der Waals surface area (Å²) in [6.45, 7) is 18.7. The van der Waals surface area contributed by atoms with Crippen molar-refractivity contribution < 1.29 is 28.2 Å². The van der Waals surface area contributed by atoms with Crippen LogP contribution >= 0.6 is 0 Å². The standard InChI is InChI=1S/C22H38O6Si/c1-11-12-17-13-16(14-18(23)25-7)19(24)22(26-8,28-17)21(5,6)15-27-29(9,10)20(2,3)4/h11,14,17H,1,12-13,15H2,2-10H3/t17?,22-/m1/s1. The molecule has 1 unspecified atom stereocenters. The van der Waals surface area contributed by atoms with Crippen LogP contribution in [0.1, 0.15) is 47.5 Å². The highest BCUT2D eigenvalue weighted by molar-refractivity contribution is 6.74. The molecule has 1 rings (SSSR count). The van der Waals surface area contributed by atoms with Gasteiger partial charge in [0.25, 0.3) is 0 Å². The van der Waals surface area contributed by atoms with Gasteiger partial charge in [-0.05, 0) is 24.6 Å². The zero-order valence-corrected chi connectivity index (χ0v) is 20.5. The number of Topliss-reactive ketones (excluding diaryl/α,β-unsaturated/α-hetero) is 1. The van der Waals surface area contributed by atoms with E-state index in [1.807, 2.05) is 13.8 Å². The first-order valence-corrected chi connectivity index (χ1v) is 12.9. The molecule has 1 saturated heterocycles. The van der Waals surface area contributed by atoms with Gasteiger partial charge in [-0.15, -0.1) is 6.58 Å². The van der Waals surface area contributed by atoms with Gasteiger partial charge < -0.3 is 18.6 Å². The number of esters is 1. The number of ketones is 1. The summed E-state index contributed by atoms with van der Waals surface area (Å²) in [5.74, 6) is -2.51. The summed E-state index contributed by atoms with van der Waals surface area (Å²) in [5.41, 5.74) is -0.471. The van der Waals surface area contributed by atoms with E-state index in [0.29, 0.717) is 18.4 Å². The van der Waals surface area contributed by atoms with E-state index in [4.69, 9.17) is 18.6 Å². The molecule has 0 radical (unpaired) electrons. The lowest BCUT2D eigenvalue weighted by atomic mass is 9.76. The quantitative estimate of drug-likeness (QED) is 0.248. The molecule has 1 fully saturated rings. The first-order chi connectivity index (χ1) is 13.2. The fraction of sp³-hybridized carbons (Fsp3) is 0.727. The first-order valence-electron chi connectivity index (χ1n) is 9.98. The molecular weight excluding hydrogens is 388 g/mol. The second-order valence-electron chi connectivity index (χ2n) is 9.74. The highest BCUT2D eigenvalue weighted by Gasteiger charge is 2.58. The molecule has 6 nitrogen and oxygen atoms in total. The van der Waals surface area contributed by atoms with Crippen LogP contribution < -0.4 is 0 Å². The number of hydrogen-bond acceptors (Lipinski definition) is 6. The average Bonchev–Trinajstić information content (AvgIpc) is 2.61. The van der Waals surface area contributed by atoms with Crippen molar-refractivity contribution in [1.29, 1.82) is 0 Å². The van der Waals surface area contributed by atoms with E-state index in [2.05, 4.69) is 40.4 Å². The maximum Gasteiger partial charge on any atom is 0.330 e. The number of carbonyl (C=O) groups is 2. The normalized spacial score (nSPS) is 25.2. The molecular formula is C22H38O6Si. The molecule has 0 aliphatic carbocycles. The van der Waals surface area contributed by atoms with Crippen LogP contribution in [0.4, 0.5) is 0 Å². The largest absolute Gasteiger partial charge is 0.466 e. The number of rotatable bonds is 8. The second-order valence-corrected chi connectivity index (χ2v) is 14.6. The second kappa shape index (κ2) is 9.25. The Hall–Kier alpha value is -1.28. The van der Waals surface area contributed by atoms with Crippen LogP contribution in [-0.2, 0) is 28.2 Å². The molecule has 166 valence electrons. The van der Waals surface area contributed by atoms with E-state index in [9.17, 15) is 9.59 Å². The molecule has 1 aliphatic heterocycles. The molecule has 0 aromatic carbocycles. The molecule has 0 amide bonds. The lowest BCUT2D eigenvalue weighted by Crippen LogP contribution is -2.62. The van der Waals surface area contributed by atoms with Gasteiger partial charge in [0.1, 0.15) is 0 Å². The van der Waals surface area contributed by atoms with Gasteiger partial charge in [0.05, 0.1) is 13.2 Å². The molecule has 29 heavy (non-hydrogen) atoms. The zero-order chi connectivity index (χ0) is 22.7. The van der Waals surface area contributed by atoms with Crippen LogP contribution in [0.15, 0.2) is 24.3 Å². The summed E-state index contributed by atoms with van der Waals surface area (Å²) >= 11 is 0. The summed E-state index contributed by atoms with van der Waals surface area (Å²) in [5, 5.41) is 0.0298. The van der Waals surface area contributed by atoms with Crippen LogP contribution in [0, 0.1) is 5.41 Å². The third kappa shape index (κ3) is 5.45. The van der Waals surface area contributed by atoms with E-state index in [0.717, 1.165) is 0 Å². The van der Waals surface area contributed by atoms with Gasteiger partial charge in [0, 0.05) is 37.2 Å². The van der Waals surface area contributed by atoms with Crippen molar-refractivity contribution in [3.05, 3.63) is 24.3 Å². The van der Waals surface area contributed by atoms with Crippen molar-refractivity contribution in [3.8, 4) is 0 Å². The minimum Gasteiger partial charge on any atom is -0.466 e. The van der Waals surface area contributed by atoms with Crippen LogP contribution in [0.2, 0.25) is 18.1 Å². The third-order valence-electron chi connectivity index (χ3n) is 6.07. The molecule has 0 aromatic rings. The molecule has 0 bridgehead atoms. The van der Waals surface area contributed by atoms with Crippen LogP contribution in [-0.4, -0.2) is 52.8 Å². The zero-order valence-electron chi connectivity index (χ0n) is 19.5. The number of carbonyl (C=O) groups excluding carboxylic acids is 2. The smallest absolute Gasteiger partial charge is 0.330 e. The van der Waals surface area contributed by atoms with Crippen LogP contribution in [0.3, 0.4) is 0 Å². The SMILES string of the molecule is C=CCC1CC(=CC(=O)OC)C(=O)[C@](OC)(C(C)(C)CO[Si](C)(C)C(C)(C)C)O1. The van der Waals surface area contributed by atoms with Crippen molar-refractivity contribution >= 4 is 20.1 Å². The fourth-order valence-corrected chi connectivity index (χ4v) is 4.23. The molecule has 0 N–H and O–H groups in total. The van der Waals surface area contributed by atoms with Gasteiger partial charge in [-0.25, -0.2) is 4.79 Å². The Bertz CT molecular complexity index is 659. The van der Waals surface area contributed by atoms with Crippen molar-refractivity contribution in [2.45, 2.75) is 77.5 Å². The Labute approximate surface area is 176 Å². The first kappa shape index (κ1) is 25.8. The van der Waals surface area contributed by atoms with E-state index in [1.54, 1.807) is 6.08 Å². The predicted octanol–water partition coefficient (Wildman–Crippen LogP) is 4.41. The third-order valence-corrected chi connectivity index (χ3v) is 10.6. The van der Waals surface area contributed by atoms with Gasteiger partial charge >= 0.3 is 5.97 Å². The molecule has 0 aromatic heterocycles. The van der Waals surface area contributed by atoms with Crippen LogP contribution in [0.5, 0.6) is 0 Å². The maximum absolute atomic E-state index is 13.5. The molecule has 0 spiro atoms. The van der Waals surface area contributed by atoms with E-state index in [-0.39, 0.29) is 23.5 Å². The fourth-order valence-electron chi connectivity index (χ4n) is 3.08. The van der Waals surface area contributed by atoms with Crippen molar-refractivity contribution in [2.75, 3.05) is 20.8 Å². The number of methoxy groups -OCH3 is 2. The van der Waals surface area contributed by atoms with Gasteiger partial charge in [-0.1, -0.05) is 40.7 Å². The van der Waals surface area contributed by atoms with Crippen molar-refractivity contribution in [3.63, 3.8) is 0 Å². The van der Waals surface area contributed by atoms with Crippen LogP contribution in [0.25, 0.3) is 0 Å². The summed E-state index contributed by atoms with van der Waals surface area (Å²) in [6.07, 6.45) is 3.45. The lowest BCUT2D eigenvalue weighted by molar-refractivity contribution is -0.289. The van der Waals surface area contributed by atoms with E-state index in [1.165, 1.54) is 20.3 Å². The summed E-state index contributed by atoms with van der Waals surface area (Å²) in [4.78, 5) is 25.3. The molecule has 1 aliphatic rings. The Balaban J connectivity index is 3.34. The molecule has 1 heterocycles. The molecule has 7 heteroatoms. The Kier molecular flexibility index (Phi) is 8.21. The topological polar surface area (TPSA) is 71.1 Å². The number of hydrogen-bond donors (Lipinski definition) is 0. The van der Waals surface area contributed by atoms with Gasteiger partial charge in [0.15, 0.2) is 8.32 Å². The Morgan fingerprint density at radius 1 is 1.28 bits per heavy atom. The number of ether oxygens (including phenoxy) is 3. The predicted molar refractivity (Wildman–Crippen MR) is 116 cm³/mol. The van der Waals surface area contributed by atoms with E-state index < -0.39 is 25.5 Å².